The molecule has 1 saturated carbocycles. The first-order chi connectivity index (χ1) is 4.83. The van der Waals surface area contributed by atoms with E-state index in [9.17, 15) is 5.11 Å². The Balaban J connectivity index is 2.26. The zero-order valence-electron chi connectivity index (χ0n) is 6.59. The monoisotopic (exact) mass is 140 g/mol. The third-order valence-electron chi connectivity index (χ3n) is 2.21. The molecule has 0 spiro atoms. The Morgan fingerprint density at radius 1 is 1.20 bits per heavy atom. The van der Waals surface area contributed by atoms with Gasteiger partial charge in [-0.3, -0.25) is 0 Å². The largest absolute Gasteiger partial charge is 0.393 e. The summed E-state index contributed by atoms with van der Waals surface area (Å²) in [5.74, 6) is 0.744. The van der Waals surface area contributed by atoms with Gasteiger partial charge in [-0.15, -0.1) is 0 Å². The van der Waals surface area contributed by atoms with Gasteiger partial charge in [0.05, 0.1) is 6.10 Å². The van der Waals surface area contributed by atoms with Crippen molar-refractivity contribution in [2.75, 3.05) is 0 Å². The lowest BCUT2D eigenvalue weighted by atomic mass is 9.87. The summed E-state index contributed by atoms with van der Waals surface area (Å²) in [6.45, 7) is 2.06. The van der Waals surface area contributed by atoms with Gasteiger partial charge in [0.15, 0.2) is 0 Å². The molecule has 1 fully saturated rings. The molecule has 0 heterocycles. The fourth-order valence-corrected chi connectivity index (χ4v) is 1.57. The van der Waals surface area contributed by atoms with E-state index >= 15 is 0 Å². The molecule has 0 radical (unpaired) electrons. The van der Waals surface area contributed by atoms with E-state index in [1.807, 2.05) is 0 Å². The molecule has 0 saturated heterocycles. The minimum atomic E-state index is -0.0125. The van der Waals surface area contributed by atoms with Crippen LogP contribution in [-0.4, -0.2) is 11.2 Å². The molecule has 0 amide bonds. The Hall–Kier alpha value is -0.300. The van der Waals surface area contributed by atoms with Crippen LogP contribution in [0.4, 0.5) is 0 Å². The van der Waals surface area contributed by atoms with Crippen molar-refractivity contribution in [1.82, 2.24) is 0 Å². The first kappa shape index (κ1) is 7.80. The van der Waals surface area contributed by atoms with Gasteiger partial charge in [-0.05, 0) is 38.5 Å². The van der Waals surface area contributed by atoms with E-state index in [2.05, 4.69) is 19.1 Å². The number of rotatable bonds is 1. The minimum Gasteiger partial charge on any atom is -0.393 e. The van der Waals surface area contributed by atoms with Crippen LogP contribution in [0.2, 0.25) is 0 Å². The second kappa shape index (κ2) is 3.77. The summed E-state index contributed by atoms with van der Waals surface area (Å²) in [4.78, 5) is 0. The summed E-state index contributed by atoms with van der Waals surface area (Å²) in [7, 11) is 0. The van der Waals surface area contributed by atoms with Crippen molar-refractivity contribution in [1.29, 1.82) is 0 Å². The number of hydrogen-bond acceptors (Lipinski definition) is 1. The lowest BCUT2D eigenvalue weighted by Gasteiger charge is -2.22. The van der Waals surface area contributed by atoms with E-state index in [4.69, 9.17) is 0 Å². The zero-order valence-corrected chi connectivity index (χ0v) is 6.59. The van der Waals surface area contributed by atoms with Crippen molar-refractivity contribution in [3.8, 4) is 0 Å². The van der Waals surface area contributed by atoms with Gasteiger partial charge in [-0.1, -0.05) is 12.2 Å². The highest BCUT2D eigenvalue weighted by atomic mass is 16.3. The van der Waals surface area contributed by atoms with Crippen LogP contribution in [0.3, 0.4) is 0 Å². The first-order valence-electron chi connectivity index (χ1n) is 4.14. The Morgan fingerprint density at radius 3 is 2.30 bits per heavy atom. The second-order valence-corrected chi connectivity index (χ2v) is 3.09. The number of aliphatic hydroxyl groups is 1. The molecule has 0 aromatic heterocycles. The summed E-state index contributed by atoms with van der Waals surface area (Å²) in [5, 5.41) is 9.17. The SMILES string of the molecule is C/C=C/C1CCC(O)CC1. The molecule has 1 aliphatic rings. The van der Waals surface area contributed by atoms with Gasteiger partial charge < -0.3 is 5.11 Å². The fraction of sp³-hybridized carbons (Fsp3) is 0.778. The summed E-state index contributed by atoms with van der Waals surface area (Å²) >= 11 is 0. The smallest absolute Gasteiger partial charge is 0.0540 e. The zero-order chi connectivity index (χ0) is 7.40. The third kappa shape index (κ3) is 2.14. The molecule has 58 valence electrons. The number of aliphatic hydroxyl groups excluding tert-OH is 1. The van der Waals surface area contributed by atoms with Crippen molar-refractivity contribution in [2.45, 2.75) is 38.7 Å². The van der Waals surface area contributed by atoms with E-state index in [0.717, 1.165) is 18.8 Å². The average molecular weight is 140 g/mol. The minimum absolute atomic E-state index is 0.0125. The van der Waals surface area contributed by atoms with Crippen LogP contribution in [-0.2, 0) is 0 Å². The quantitative estimate of drug-likeness (QED) is 0.553. The van der Waals surface area contributed by atoms with E-state index in [1.165, 1.54) is 12.8 Å². The van der Waals surface area contributed by atoms with Gasteiger partial charge in [-0.2, -0.15) is 0 Å². The molecule has 1 N–H and O–H groups in total. The Labute approximate surface area is 62.8 Å². The molecule has 0 aromatic carbocycles. The van der Waals surface area contributed by atoms with Crippen LogP contribution in [0.25, 0.3) is 0 Å². The van der Waals surface area contributed by atoms with Crippen LogP contribution in [0.1, 0.15) is 32.6 Å². The maximum Gasteiger partial charge on any atom is 0.0540 e. The predicted octanol–water partition coefficient (Wildman–Crippen LogP) is 2.11. The van der Waals surface area contributed by atoms with E-state index < -0.39 is 0 Å². The Morgan fingerprint density at radius 2 is 1.80 bits per heavy atom. The molecule has 0 aromatic rings. The van der Waals surface area contributed by atoms with Crippen molar-refractivity contribution >= 4 is 0 Å². The third-order valence-corrected chi connectivity index (χ3v) is 2.21. The molecule has 1 aliphatic carbocycles. The van der Waals surface area contributed by atoms with Crippen LogP contribution < -0.4 is 0 Å². The molecule has 0 aliphatic heterocycles. The molecular formula is C9H16O. The summed E-state index contributed by atoms with van der Waals surface area (Å²) in [6.07, 6.45) is 8.69. The van der Waals surface area contributed by atoms with Gasteiger partial charge in [0.25, 0.3) is 0 Å². The van der Waals surface area contributed by atoms with Crippen molar-refractivity contribution in [3.05, 3.63) is 12.2 Å². The van der Waals surface area contributed by atoms with Gasteiger partial charge in [-0.25, -0.2) is 0 Å². The average Bonchev–Trinajstić information content (AvgIpc) is 1.95. The van der Waals surface area contributed by atoms with Crippen molar-refractivity contribution < 1.29 is 5.11 Å². The highest BCUT2D eigenvalue weighted by Gasteiger charge is 2.16. The Kier molecular flexibility index (Phi) is 2.94. The Bertz CT molecular complexity index is 110. The van der Waals surface area contributed by atoms with Crippen molar-refractivity contribution in [3.63, 3.8) is 0 Å². The van der Waals surface area contributed by atoms with Gasteiger partial charge >= 0.3 is 0 Å². The van der Waals surface area contributed by atoms with E-state index in [-0.39, 0.29) is 6.10 Å². The first-order valence-corrected chi connectivity index (χ1v) is 4.14. The molecule has 1 heteroatoms. The second-order valence-electron chi connectivity index (χ2n) is 3.09. The molecular weight excluding hydrogens is 124 g/mol. The summed E-state index contributed by atoms with van der Waals surface area (Å²) < 4.78 is 0. The summed E-state index contributed by atoms with van der Waals surface area (Å²) in [5.41, 5.74) is 0. The molecule has 1 rings (SSSR count). The van der Waals surface area contributed by atoms with Gasteiger partial charge in [0, 0.05) is 0 Å². The van der Waals surface area contributed by atoms with Crippen LogP contribution in [0, 0.1) is 5.92 Å². The fourth-order valence-electron chi connectivity index (χ4n) is 1.57. The highest BCUT2D eigenvalue weighted by molar-refractivity contribution is 4.88. The van der Waals surface area contributed by atoms with Gasteiger partial charge in [0.2, 0.25) is 0 Å². The number of allylic oxidation sites excluding steroid dienone is 2. The van der Waals surface area contributed by atoms with Crippen LogP contribution >= 0.6 is 0 Å². The lowest BCUT2D eigenvalue weighted by molar-refractivity contribution is 0.118. The van der Waals surface area contributed by atoms with Crippen LogP contribution in [0.5, 0.6) is 0 Å². The normalized spacial score (nSPS) is 35.0. The van der Waals surface area contributed by atoms with Crippen molar-refractivity contribution in [2.24, 2.45) is 5.92 Å². The van der Waals surface area contributed by atoms with Crippen LogP contribution in [0.15, 0.2) is 12.2 Å². The van der Waals surface area contributed by atoms with E-state index in [1.54, 1.807) is 0 Å². The molecule has 0 unspecified atom stereocenters. The summed E-state index contributed by atoms with van der Waals surface area (Å²) in [6, 6.07) is 0. The molecule has 0 atom stereocenters. The molecule has 10 heavy (non-hydrogen) atoms. The highest BCUT2D eigenvalue weighted by Crippen LogP contribution is 2.24. The molecule has 1 nitrogen and oxygen atoms in total. The standard InChI is InChI=1S/C9H16O/c1-2-3-8-4-6-9(10)7-5-8/h2-3,8-10H,4-7H2,1H3/b3-2+. The topological polar surface area (TPSA) is 20.2 Å². The van der Waals surface area contributed by atoms with E-state index in [0.29, 0.717) is 0 Å². The maximum absolute atomic E-state index is 9.17. The number of hydrogen-bond donors (Lipinski definition) is 1. The maximum atomic E-state index is 9.17. The predicted molar refractivity (Wildman–Crippen MR) is 42.8 cm³/mol. The molecule has 0 bridgehead atoms. The van der Waals surface area contributed by atoms with Gasteiger partial charge in [0.1, 0.15) is 0 Å². The lowest BCUT2D eigenvalue weighted by Crippen LogP contribution is -2.16.